The number of aldehydes is 1. The average Bonchev–Trinajstić information content (AvgIpc) is 2.59. The third kappa shape index (κ3) is 5.74. The molecule has 27 heavy (non-hydrogen) atoms. The number of carbonyl (C=O) groups excluding carboxylic acids is 2. The van der Waals surface area contributed by atoms with Gasteiger partial charge in [0.15, 0.2) is 5.25 Å². The molecule has 10 heteroatoms. The molecule has 1 aromatic carbocycles. The Balaban J connectivity index is 2.20. The number of nitrogens with one attached hydrogen (secondary N) is 1. The highest BCUT2D eigenvalue weighted by atomic mass is 35.5. The Labute approximate surface area is 166 Å². The van der Waals surface area contributed by atoms with E-state index in [4.69, 9.17) is 27.9 Å². The molecule has 0 saturated carbocycles. The molecule has 144 valence electrons. The molecule has 0 fully saturated rings. The van der Waals surface area contributed by atoms with E-state index in [1.807, 2.05) is 11.6 Å². The van der Waals surface area contributed by atoms with E-state index in [-0.39, 0.29) is 34.1 Å². The number of benzene rings is 1. The molecule has 0 spiro atoms. The summed E-state index contributed by atoms with van der Waals surface area (Å²) in [6, 6.07) is 6.94. The number of hydrogen-bond acceptors (Lipinski definition) is 6. The van der Waals surface area contributed by atoms with Gasteiger partial charge in [-0.15, -0.1) is 0 Å². The Morgan fingerprint density at radius 2 is 1.93 bits per heavy atom. The Bertz CT molecular complexity index is 913. The summed E-state index contributed by atoms with van der Waals surface area (Å²) in [4.78, 5) is 27.7. The molecular formula is C17H16Cl2N2O5S. The van der Waals surface area contributed by atoms with Crippen molar-refractivity contribution in [1.29, 1.82) is 0 Å². The lowest BCUT2D eigenvalue weighted by atomic mass is 10.2. The molecule has 1 amide bonds. The minimum atomic E-state index is -4.37. The van der Waals surface area contributed by atoms with Gasteiger partial charge in [0.05, 0.1) is 17.9 Å². The number of halogens is 2. The van der Waals surface area contributed by atoms with Crippen molar-refractivity contribution < 1.29 is 22.7 Å². The van der Waals surface area contributed by atoms with Crippen molar-refractivity contribution in [3.63, 3.8) is 0 Å². The number of rotatable bonds is 8. The molecule has 0 aliphatic heterocycles. The quantitative estimate of drug-likeness (QED) is 0.645. The molecule has 1 atom stereocenters. The fraction of sp³-hybridized carbons (Fsp3) is 0.235. The van der Waals surface area contributed by atoms with Crippen LogP contribution in [0.2, 0.25) is 10.0 Å². The average molecular weight is 431 g/mol. The van der Waals surface area contributed by atoms with Crippen molar-refractivity contribution in [3.8, 4) is 0 Å². The predicted octanol–water partition coefficient (Wildman–Crippen LogP) is 2.92. The van der Waals surface area contributed by atoms with Gasteiger partial charge < -0.3 is 9.53 Å². The number of ether oxygens (including phenoxy) is 1. The smallest absolute Gasteiger partial charge is 0.266 e. The van der Waals surface area contributed by atoms with Gasteiger partial charge in [0.2, 0.25) is 10.0 Å². The Kier molecular flexibility index (Phi) is 7.32. The number of pyridine rings is 1. The first-order chi connectivity index (χ1) is 12.8. The fourth-order valence-electron chi connectivity index (χ4n) is 2.17. The summed E-state index contributed by atoms with van der Waals surface area (Å²) in [5.41, 5.74) is 0.663. The molecule has 0 aliphatic carbocycles. The summed E-state index contributed by atoms with van der Waals surface area (Å²) in [5, 5.41) is -1.32. The van der Waals surface area contributed by atoms with E-state index >= 15 is 0 Å². The van der Waals surface area contributed by atoms with Gasteiger partial charge in [-0.2, -0.15) is 0 Å². The van der Waals surface area contributed by atoms with Gasteiger partial charge in [-0.3, -0.25) is 9.78 Å². The fourth-order valence-corrected chi connectivity index (χ4v) is 3.86. The van der Waals surface area contributed by atoms with Crippen LogP contribution in [0.15, 0.2) is 36.5 Å². The maximum Gasteiger partial charge on any atom is 0.266 e. The summed E-state index contributed by atoms with van der Waals surface area (Å²) in [6.07, 6.45) is 1.42. The molecule has 0 aliphatic rings. The van der Waals surface area contributed by atoms with E-state index < -0.39 is 21.2 Å². The predicted molar refractivity (Wildman–Crippen MR) is 101 cm³/mol. The highest BCUT2D eigenvalue weighted by molar-refractivity contribution is 7.91. The van der Waals surface area contributed by atoms with E-state index in [1.54, 1.807) is 6.07 Å². The first-order valence-corrected chi connectivity index (χ1v) is 10.1. The molecular weight excluding hydrogens is 415 g/mol. The van der Waals surface area contributed by atoms with Crippen molar-refractivity contribution in [2.45, 2.75) is 18.8 Å². The molecule has 2 rings (SSSR count). The number of aromatic nitrogens is 1. The van der Waals surface area contributed by atoms with Crippen LogP contribution in [0, 0.1) is 0 Å². The minimum absolute atomic E-state index is 0.0209. The van der Waals surface area contributed by atoms with Crippen LogP contribution in [0.4, 0.5) is 0 Å². The van der Waals surface area contributed by atoms with Crippen molar-refractivity contribution >= 4 is 45.4 Å². The zero-order valence-electron chi connectivity index (χ0n) is 14.2. The first-order valence-electron chi connectivity index (χ1n) is 7.76. The standard InChI is InChI=1S/C17H16Cl2N2O5S/c1-2-26-10-15-4-3-11(8-20-15)17(23)21-27(24,25)16(9-22)12-5-13(18)7-14(19)6-12/h3-9,16H,2,10H2,1H3,(H,21,23). The van der Waals surface area contributed by atoms with E-state index in [1.165, 1.54) is 30.5 Å². The largest absolute Gasteiger partial charge is 0.375 e. The second-order valence-corrected chi connectivity index (χ2v) is 8.09. The number of nitrogens with zero attached hydrogens (tertiary/aromatic N) is 1. The van der Waals surface area contributed by atoms with Gasteiger partial charge >= 0.3 is 0 Å². The lowest BCUT2D eigenvalue weighted by Gasteiger charge is -2.14. The van der Waals surface area contributed by atoms with Crippen molar-refractivity contribution in [3.05, 3.63) is 63.4 Å². The third-order valence-corrected chi connectivity index (χ3v) is 5.41. The summed E-state index contributed by atoms with van der Waals surface area (Å²) >= 11 is 11.7. The molecule has 1 heterocycles. The third-order valence-electron chi connectivity index (χ3n) is 3.45. The van der Waals surface area contributed by atoms with Crippen LogP contribution in [0.25, 0.3) is 0 Å². The van der Waals surface area contributed by atoms with Crippen molar-refractivity contribution in [1.82, 2.24) is 9.71 Å². The van der Waals surface area contributed by atoms with Crippen molar-refractivity contribution in [2.24, 2.45) is 0 Å². The zero-order chi connectivity index (χ0) is 20.0. The molecule has 1 aromatic heterocycles. The van der Waals surface area contributed by atoms with Gasteiger partial charge in [-0.05, 0) is 42.8 Å². The first kappa shape index (κ1) is 21.3. The summed E-state index contributed by atoms with van der Waals surface area (Å²) in [6.45, 7) is 2.63. The molecule has 1 N–H and O–H groups in total. The molecule has 2 aromatic rings. The number of hydrogen-bond donors (Lipinski definition) is 1. The Morgan fingerprint density at radius 3 is 2.44 bits per heavy atom. The van der Waals surface area contributed by atoms with Gasteiger partial charge in [-0.1, -0.05) is 23.2 Å². The Morgan fingerprint density at radius 1 is 1.26 bits per heavy atom. The topological polar surface area (TPSA) is 102 Å². The lowest BCUT2D eigenvalue weighted by Crippen LogP contribution is -2.35. The lowest BCUT2D eigenvalue weighted by molar-refractivity contribution is -0.107. The normalized spacial score (nSPS) is 12.4. The highest BCUT2D eigenvalue weighted by Crippen LogP contribution is 2.26. The second-order valence-electron chi connectivity index (χ2n) is 5.41. The molecule has 0 radical (unpaired) electrons. The molecule has 7 nitrogen and oxygen atoms in total. The SMILES string of the molecule is CCOCc1ccc(C(=O)NS(=O)(=O)C(C=O)c2cc(Cl)cc(Cl)c2)cn1. The van der Waals surface area contributed by atoms with Crippen molar-refractivity contribution in [2.75, 3.05) is 6.61 Å². The maximum absolute atomic E-state index is 12.5. The molecule has 0 bridgehead atoms. The van der Waals surface area contributed by atoms with Gasteiger partial charge in [0.25, 0.3) is 5.91 Å². The van der Waals surface area contributed by atoms with E-state index in [2.05, 4.69) is 4.98 Å². The monoisotopic (exact) mass is 430 g/mol. The summed E-state index contributed by atoms with van der Waals surface area (Å²) < 4.78 is 32.0. The van der Waals surface area contributed by atoms with Crippen LogP contribution in [0.3, 0.4) is 0 Å². The van der Waals surface area contributed by atoms with Crippen LogP contribution in [0.5, 0.6) is 0 Å². The Hall–Kier alpha value is -2.00. The van der Waals surface area contributed by atoms with Crippen LogP contribution in [-0.2, 0) is 26.2 Å². The van der Waals surface area contributed by atoms with E-state index in [0.29, 0.717) is 12.3 Å². The van der Waals surface area contributed by atoms with Gasteiger partial charge in [-0.25, -0.2) is 13.1 Å². The van der Waals surface area contributed by atoms with Crippen LogP contribution < -0.4 is 4.72 Å². The highest BCUT2D eigenvalue weighted by Gasteiger charge is 2.29. The molecule has 0 saturated heterocycles. The van der Waals surface area contributed by atoms with Gasteiger partial charge in [0.1, 0.15) is 6.29 Å². The number of carbonyl (C=O) groups is 2. The maximum atomic E-state index is 12.5. The number of sulfonamides is 1. The molecule has 1 unspecified atom stereocenters. The van der Waals surface area contributed by atoms with Crippen LogP contribution in [0.1, 0.15) is 33.8 Å². The second kappa shape index (κ2) is 9.27. The van der Waals surface area contributed by atoms with Crippen LogP contribution >= 0.6 is 23.2 Å². The van der Waals surface area contributed by atoms with Gasteiger partial charge in [0, 0.05) is 22.8 Å². The van der Waals surface area contributed by atoms with E-state index in [0.717, 1.165) is 0 Å². The number of amides is 1. The minimum Gasteiger partial charge on any atom is -0.375 e. The van der Waals surface area contributed by atoms with Crippen LogP contribution in [-0.4, -0.2) is 32.2 Å². The summed E-state index contributed by atoms with van der Waals surface area (Å²) in [5.74, 6) is -0.912. The zero-order valence-corrected chi connectivity index (χ0v) is 16.5. The van der Waals surface area contributed by atoms with E-state index in [9.17, 15) is 18.0 Å². The summed E-state index contributed by atoms with van der Waals surface area (Å²) in [7, 11) is -4.37.